The van der Waals surface area contributed by atoms with Gasteiger partial charge in [-0.3, -0.25) is 10.1 Å². The zero-order valence-electron chi connectivity index (χ0n) is 13.7. The number of H-pyrrole nitrogens is 1. The summed E-state index contributed by atoms with van der Waals surface area (Å²) in [5, 5.41) is 7.83. The molecule has 2 N–H and O–H groups in total. The molecule has 8 heteroatoms. The molecule has 3 aromatic heterocycles. The van der Waals surface area contributed by atoms with Gasteiger partial charge in [0.1, 0.15) is 5.58 Å². The summed E-state index contributed by atoms with van der Waals surface area (Å²) in [6, 6.07) is 14.3. The number of aromatic nitrogens is 3. The third kappa shape index (κ3) is 3.37. The van der Waals surface area contributed by atoms with Crippen LogP contribution in [0.4, 0.5) is 0 Å². The van der Waals surface area contributed by atoms with Crippen molar-refractivity contribution in [2.75, 3.05) is 6.54 Å². The van der Waals surface area contributed by atoms with Crippen LogP contribution >= 0.6 is 0 Å². The fraction of sp³-hybridized carbons (Fsp3) is 0.111. The molecule has 0 atom stereocenters. The van der Waals surface area contributed by atoms with Gasteiger partial charge in [0.15, 0.2) is 0 Å². The molecular weight excluding hydrogens is 352 g/mol. The molecule has 7 nitrogen and oxygen atoms in total. The largest absolute Gasteiger partial charge is 0.443 e. The summed E-state index contributed by atoms with van der Waals surface area (Å²) in [5.41, 5.74) is 3.13. The molecule has 0 aliphatic rings. The van der Waals surface area contributed by atoms with Crippen molar-refractivity contribution in [3.05, 3.63) is 66.6 Å². The number of rotatable bonds is 6. The van der Waals surface area contributed by atoms with E-state index in [1.165, 1.54) is 6.07 Å². The van der Waals surface area contributed by atoms with Gasteiger partial charge in [-0.25, -0.2) is 13.1 Å². The van der Waals surface area contributed by atoms with Crippen molar-refractivity contribution >= 4 is 21.0 Å². The standard InChI is InChI=1S/C18H16N4O3S/c23-26(24,18-11-14-3-1-2-4-17(14)25-18)20-10-7-15-12-16(22-21-15)13-5-8-19-9-6-13/h1-6,8-9,11-12,20H,7,10H2,(H,21,22). The number of hydrogen-bond donors (Lipinski definition) is 2. The summed E-state index contributed by atoms with van der Waals surface area (Å²) >= 11 is 0. The highest BCUT2D eigenvalue weighted by Gasteiger charge is 2.19. The molecule has 1 aromatic carbocycles. The maximum Gasteiger partial charge on any atom is 0.274 e. The van der Waals surface area contributed by atoms with Gasteiger partial charge in [-0.1, -0.05) is 18.2 Å². The maximum atomic E-state index is 12.4. The smallest absolute Gasteiger partial charge is 0.274 e. The molecule has 0 radical (unpaired) electrons. The fourth-order valence-electron chi connectivity index (χ4n) is 2.64. The molecule has 3 heterocycles. The molecule has 0 bridgehead atoms. The van der Waals surface area contributed by atoms with Crippen molar-refractivity contribution in [1.82, 2.24) is 19.9 Å². The van der Waals surface area contributed by atoms with E-state index in [4.69, 9.17) is 4.42 Å². The summed E-state index contributed by atoms with van der Waals surface area (Å²) in [4.78, 5) is 3.98. The SMILES string of the molecule is O=S(=O)(NCCc1cc(-c2ccncc2)n[nH]1)c1cc2ccccc2o1. The zero-order valence-corrected chi connectivity index (χ0v) is 14.5. The molecule has 0 unspecified atom stereocenters. The molecule has 132 valence electrons. The van der Waals surface area contributed by atoms with Gasteiger partial charge in [0.2, 0.25) is 5.09 Å². The van der Waals surface area contributed by atoms with Crippen molar-refractivity contribution in [3.63, 3.8) is 0 Å². The third-order valence-electron chi connectivity index (χ3n) is 3.96. The van der Waals surface area contributed by atoms with E-state index in [0.29, 0.717) is 12.0 Å². The van der Waals surface area contributed by atoms with Crippen LogP contribution in [0.2, 0.25) is 0 Å². The van der Waals surface area contributed by atoms with Crippen molar-refractivity contribution < 1.29 is 12.8 Å². The minimum Gasteiger partial charge on any atom is -0.443 e. The van der Waals surface area contributed by atoms with Gasteiger partial charge in [-0.05, 0) is 24.3 Å². The number of sulfonamides is 1. The van der Waals surface area contributed by atoms with Crippen LogP contribution in [0.5, 0.6) is 0 Å². The van der Waals surface area contributed by atoms with E-state index in [1.807, 2.05) is 30.3 Å². The van der Waals surface area contributed by atoms with Crippen LogP contribution in [0, 0.1) is 0 Å². The van der Waals surface area contributed by atoms with Gasteiger partial charge in [-0.15, -0.1) is 0 Å². The number of para-hydroxylation sites is 1. The minimum absolute atomic E-state index is 0.0826. The molecule has 26 heavy (non-hydrogen) atoms. The lowest BCUT2D eigenvalue weighted by molar-refractivity contribution is 0.475. The van der Waals surface area contributed by atoms with Crippen molar-refractivity contribution in [2.45, 2.75) is 11.5 Å². The first kappa shape index (κ1) is 16.5. The monoisotopic (exact) mass is 368 g/mol. The second-order valence-corrected chi connectivity index (χ2v) is 7.46. The predicted molar refractivity (Wildman–Crippen MR) is 96.9 cm³/mol. The number of nitrogens with zero attached hydrogens (tertiary/aromatic N) is 2. The molecule has 0 spiro atoms. The summed E-state index contributed by atoms with van der Waals surface area (Å²) in [6.45, 7) is 0.233. The van der Waals surface area contributed by atoms with Crippen LogP contribution in [0.3, 0.4) is 0 Å². The van der Waals surface area contributed by atoms with Gasteiger partial charge in [0.05, 0.1) is 5.69 Å². The van der Waals surface area contributed by atoms with Gasteiger partial charge in [0.25, 0.3) is 10.0 Å². The Kier molecular flexibility index (Phi) is 4.27. The average molecular weight is 368 g/mol. The highest BCUT2D eigenvalue weighted by Crippen LogP contribution is 2.22. The average Bonchev–Trinajstić information content (AvgIpc) is 3.29. The number of hydrogen-bond acceptors (Lipinski definition) is 5. The van der Waals surface area contributed by atoms with Gasteiger partial charge < -0.3 is 4.42 Å². The second-order valence-electron chi connectivity index (χ2n) is 5.77. The Morgan fingerprint density at radius 1 is 1.08 bits per heavy atom. The number of benzene rings is 1. The molecule has 0 saturated carbocycles. The van der Waals surface area contributed by atoms with E-state index >= 15 is 0 Å². The van der Waals surface area contributed by atoms with Crippen LogP contribution in [0.15, 0.2) is 70.4 Å². The Bertz CT molecular complexity index is 1100. The van der Waals surface area contributed by atoms with Gasteiger partial charge >= 0.3 is 0 Å². The van der Waals surface area contributed by atoms with E-state index in [0.717, 1.165) is 22.3 Å². The summed E-state index contributed by atoms with van der Waals surface area (Å²) < 4.78 is 32.7. The van der Waals surface area contributed by atoms with Crippen molar-refractivity contribution in [3.8, 4) is 11.3 Å². The molecule has 0 aliphatic heterocycles. The van der Waals surface area contributed by atoms with Crippen molar-refractivity contribution in [1.29, 1.82) is 0 Å². The maximum absolute atomic E-state index is 12.4. The highest BCUT2D eigenvalue weighted by atomic mass is 32.2. The number of nitrogens with one attached hydrogen (secondary N) is 2. The van der Waals surface area contributed by atoms with E-state index in [-0.39, 0.29) is 11.6 Å². The summed E-state index contributed by atoms with van der Waals surface area (Å²) in [5.74, 6) is 0. The first-order valence-electron chi connectivity index (χ1n) is 8.05. The number of pyridine rings is 1. The Balaban J connectivity index is 1.42. The Labute approximate surface area is 150 Å². The van der Waals surface area contributed by atoms with Crippen LogP contribution in [-0.2, 0) is 16.4 Å². The second kappa shape index (κ2) is 6.74. The van der Waals surface area contributed by atoms with Crippen LogP contribution in [0.25, 0.3) is 22.2 Å². The molecule has 0 fully saturated rings. The third-order valence-corrected chi connectivity index (χ3v) is 5.28. The van der Waals surface area contributed by atoms with E-state index < -0.39 is 10.0 Å². The molecule has 0 amide bonds. The molecular formula is C18H16N4O3S. The van der Waals surface area contributed by atoms with E-state index in [9.17, 15) is 8.42 Å². The Morgan fingerprint density at radius 3 is 2.69 bits per heavy atom. The van der Waals surface area contributed by atoms with Crippen LogP contribution in [0.1, 0.15) is 5.69 Å². The van der Waals surface area contributed by atoms with Crippen LogP contribution < -0.4 is 4.72 Å². The molecule has 0 saturated heterocycles. The lowest BCUT2D eigenvalue weighted by Crippen LogP contribution is -2.25. The number of furan rings is 1. The van der Waals surface area contributed by atoms with E-state index in [1.54, 1.807) is 24.5 Å². The first-order chi connectivity index (χ1) is 12.6. The lowest BCUT2D eigenvalue weighted by atomic mass is 10.2. The van der Waals surface area contributed by atoms with E-state index in [2.05, 4.69) is 19.9 Å². The topological polar surface area (TPSA) is 101 Å². The zero-order chi connectivity index (χ0) is 18.0. The highest BCUT2D eigenvalue weighted by molar-refractivity contribution is 7.89. The first-order valence-corrected chi connectivity index (χ1v) is 9.53. The van der Waals surface area contributed by atoms with Gasteiger partial charge in [0, 0.05) is 48.1 Å². The summed E-state index contributed by atoms with van der Waals surface area (Å²) in [6.07, 6.45) is 3.88. The Hall–Kier alpha value is -2.97. The lowest BCUT2D eigenvalue weighted by Gasteiger charge is -2.02. The quantitative estimate of drug-likeness (QED) is 0.545. The molecule has 0 aliphatic carbocycles. The fourth-order valence-corrected chi connectivity index (χ4v) is 3.64. The normalized spacial score (nSPS) is 11.8. The number of fused-ring (bicyclic) bond motifs is 1. The van der Waals surface area contributed by atoms with Crippen molar-refractivity contribution in [2.24, 2.45) is 0 Å². The predicted octanol–water partition coefficient (Wildman–Crippen LogP) is 2.74. The molecule has 4 rings (SSSR count). The molecule has 4 aromatic rings. The Morgan fingerprint density at radius 2 is 1.88 bits per heavy atom. The summed E-state index contributed by atoms with van der Waals surface area (Å²) in [7, 11) is -3.70. The number of aromatic amines is 1. The van der Waals surface area contributed by atoms with Gasteiger partial charge in [-0.2, -0.15) is 5.10 Å². The minimum atomic E-state index is -3.70. The van der Waals surface area contributed by atoms with Crippen LogP contribution in [-0.4, -0.2) is 30.1 Å².